The number of aryl methyl sites for hydroxylation is 1. The lowest BCUT2D eigenvalue weighted by Gasteiger charge is -2.20. The van der Waals surface area contributed by atoms with Gasteiger partial charge in [-0.3, -0.25) is 4.79 Å². The molecule has 1 amide bonds. The average Bonchev–Trinajstić information content (AvgIpc) is 2.75. The Kier molecular flexibility index (Phi) is 7.99. The molecule has 0 aliphatic carbocycles. The van der Waals surface area contributed by atoms with Gasteiger partial charge in [0.2, 0.25) is 0 Å². The molecule has 1 aromatic heterocycles. The van der Waals surface area contributed by atoms with Crippen LogP contribution in [0, 0.1) is 6.92 Å². The molecule has 168 valence electrons. The van der Waals surface area contributed by atoms with Crippen LogP contribution in [-0.2, 0) is 0 Å². The Bertz CT molecular complexity index is 1060. The molecule has 0 atom stereocenters. The van der Waals surface area contributed by atoms with Gasteiger partial charge in [-0.1, -0.05) is 23.9 Å². The van der Waals surface area contributed by atoms with Gasteiger partial charge in [0.15, 0.2) is 0 Å². The third-order valence-corrected chi connectivity index (χ3v) is 5.46. The number of alkyl halides is 2. The third kappa shape index (κ3) is 6.16. The summed E-state index contributed by atoms with van der Waals surface area (Å²) in [5.41, 5.74) is 1.56. The molecule has 32 heavy (non-hydrogen) atoms. The van der Waals surface area contributed by atoms with Crippen molar-refractivity contribution in [2.24, 2.45) is 0 Å². The fraction of sp³-hybridized carbons (Fsp3) is 0.261. The molecule has 2 aromatic carbocycles. The van der Waals surface area contributed by atoms with Gasteiger partial charge in [-0.2, -0.15) is 8.78 Å². The summed E-state index contributed by atoms with van der Waals surface area (Å²) in [4.78, 5) is 23.9. The Hall–Kier alpha value is -3.20. The van der Waals surface area contributed by atoms with Crippen LogP contribution in [0.5, 0.6) is 0 Å². The number of hydrogen-bond donors (Lipinski definition) is 2. The highest BCUT2D eigenvalue weighted by molar-refractivity contribution is 7.99. The van der Waals surface area contributed by atoms with E-state index in [0.717, 1.165) is 24.6 Å². The largest absolute Gasteiger partial charge is 0.357 e. The molecule has 0 aliphatic heterocycles. The highest BCUT2D eigenvalue weighted by Gasteiger charge is 2.15. The molecule has 0 saturated heterocycles. The number of carbonyl (C=O) groups is 1. The fourth-order valence-corrected chi connectivity index (χ4v) is 3.80. The summed E-state index contributed by atoms with van der Waals surface area (Å²) in [5.74, 6) is -0.837. The maximum Gasteiger partial charge on any atom is 0.288 e. The lowest BCUT2D eigenvalue weighted by atomic mass is 10.2. The van der Waals surface area contributed by atoms with E-state index in [-0.39, 0.29) is 10.5 Å². The first kappa shape index (κ1) is 23.5. The number of rotatable bonds is 9. The van der Waals surface area contributed by atoms with Crippen molar-refractivity contribution in [1.82, 2.24) is 9.97 Å². The zero-order chi connectivity index (χ0) is 23.1. The second-order valence-electron chi connectivity index (χ2n) is 6.86. The summed E-state index contributed by atoms with van der Waals surface area (Å²) >= 11 is 0.355. The van der Waals surface area contributed by atoms with Gasteiger partial charge in [0.1, 0.15) is 17.5 Å². The molecule has 9 heteroatoms. The monoisotopic (exact) mass is 457 g/mol. The number of benzene rings is 2. The third-order valence-electron chi connectivity index (χ3n) is 4.67. The first-order valence-corrected chi connectivity index (χ1v) is 11.1. The maximum atomic E-state index is 12.8. The van der Waals surface area contributed by atoms with Crippen LogP contribution in [0.2, 0.25) is 0 Å². The van der Waals surface area contributed by atoms with E-state index in [4.69, 9.17) is 0 Å². The van der Waals surface area contributed by atoms with Gasteiger partial charge >= 0.3 is 0 Å². The smallest absolute Gasteiger partial charge is 0.288 e. The molecule has 6 nitrogen and oxygen atoms in total. The number of nitrogens with one attached hydrogen (secondary N) is 2. The van der Waals surface area contributed by atoms with Gasteiger partial charge in [0.25, 0.3) is 11.7 Å². The predicted octanol–water partition coefficient (Wildman–Crippen LogP) is 5.94. The van der Waals surface area contributed by atoms with E-state index in [2.05, 4.69) is 39.3 Å². The molecule has 1 heterocycles. The van der Waals surface area contributed by atoms with Crippen LogP contribution < -0.4 is 15.5 Å². The highest BCUT2D eigenvalue weighted by atomic mass is 32.2. The molecule has 0 unspecified atom stereocenters. The van der Waals surface area contributed by atoms with E-state index in [1.54, 1.807) is 24.3 Å². The van der Waals surface area contributed by atoms with Gasteiger partial charge in [-0.05, 0) is 57.2 Å². The number of hydrogen-bond acceptors (Lipinski definition) is 6. The second-order valence-corrected chi connectivity index (χ2v) is 7.89. The number of halogens is 2. The molecule has 3 rings (SSSR count). The zero-order valence-electron chi connectivity index (χ0n) is 18.1. The molecule has 0 spiro atoms. The Morgan fingerprint density at radius 1 is 1.03 bits per heavy atom. The van der Waals surface area contributed by atoms with Crippen molar-refractivity contribution in [2.45, 2.75) is 31.4 Å². The van der Waals surface area contributed by atoms with Crippen molar-refractivity contribution in [3.8, 4) is 0 Å². The van der Waals surface area contributed by atoms with Crippen molar-refractivity contribution < 1.29 is 13.6 Å². The molecule has 0 bridgehead atoms. The Morgan fingerprint density at radius 3 is 2.34 bits per heavy atom. The van der Waals surface area contributed by atoms with Crippen LogP contribution >= 0.6 is 11.8 Å². The van der Waals surface area contributed by atoms with Crippen molar-refractivity contribution >= 4 is 40.7 Å². The SMILES string of the molecule is CCN(CC)c1cc(Nc2ccc(NC(=O)c3ccccc3SC(F)F)cc2)nc(C)n1. The van der Waals surface area contributed by atoms with E-state index < -0.39 is 11.7 Å². The minimum atomic E-state index is -2.60. The molecule has 0 radical (unpaired) electrons. The zero-order valence-corrected chi connectivity index (χ0v) is 18.9. The summed E-state index contributed by atoms with van der Waals surface area (Å²) in [6.07, 6.45) is 0. The number of anilines is 4. The van der Waals surface area contributed by atoms with E-state index in [1.165, 1.54) is 12.1 Å². The lowest BCUT2D eigenvalue weighted by Crippen LogP contribution is -2.23. The van der Waals surface area contributed by atoms with Crippen LogP contribution in [0.15, 0.2) is 59.5 Å². The second kappa shape index (κ2) is 10.9. The van der Waals surface area contributed by atoms with Gasteiger partial charge in [-0.25, -0.2) is 9.97 Å². The number of nitrogens with zero attached hydrogens (tertiary/aromatic N) is 3. The summed E-state index contributed by atoms with van der Waals surface area (Å²) in [6, 6.07) is 15.3. The minimum absolute atomic E-state index is 0.209. The van der Waals surface area contributed by atoms with Crippen molar-refractivity contribution in [3.05, 3.63) is 66.0 Å². The van der Waals surface area contributed by atoms with Gasteiger partial charge in [-0.15, -0.1) is 0 Å². The first-order chi connectivity index (χ1) is 15.4. The van der Waals surface area contributed by atoms with Gasteiger partial charge in [0, 0.05) is 35.4 Å². The molecule has 0 aliphatic rings. The summed E-state index contributed by atoms with van der Waals surface area (Å²) in [5, 5.41) is 6.01. The predicted molar refractivity (Wildman–Crippen MR) is 126 cm³/mol. The highest BCUT2D eigenvalue weighted by Crippen LogP contribution is 2.29. The molecule has 3 aromatic rings. The number of carbonyl (C=O) groups excluding carboxylic acids is 1. The van der Waals surface area contributed by atoms with E-state index in [0.29, 0.717) is 29.1 Å². The fourth-order valence-electron chi connectivity index (χ4n) is 3.16. The Morgan fingerprint density at radius 2 is 1.69 bits per heavy atom. The summed E-state index contributed by atoms with van der Waals surface area (Å²) < 4.78 is 25.5. The van der Waals surface area contributed by atoms with Gasteiger partial charge in [0.05, 0.1) is 5.56 Å². The first-order valence-electron chi connectivity index (χ1n) is 10.2. The lowest BCUT2D eigenvalue weighted by molar-refractivity contribution is 0.102. The Balaban J connectivity index is 1.71. The summed E-state index contributed by atoms with van der Waals surface area (Å²) in [7, 11) is 0. The molecule has 0 saturated carbocycles. The van der Waals surface area contributed by atoms with Crippen LogP contribution in [-0.4, -0.2) is 34.7 Å². The van der Waals surface area contributed by atoms with Crippen LogP contribution in [0.25, 0.3) is 0 Å². The maximum absolute atomic E-state index is 12.8. The standard InChI is InChI=1S/C23H25F2N5OS/c1-4-30(5-2)21-14-20(26-15(3)27-21)28-16-10-12-17(13-11-16)29-22(31)18-8-6-7-9-19(18)32-23(24)25/h6-14,23H,4-5H2,1-3H3,(H,29,31)(H,26,27,28). The molecule has 2 N–H and O–H groups in total. The van der Waals surface area contributed by atoms with Crippen molar-refractivity contribution in [1.29, 1.82) is 0 Å². The minimum Gasteiger partial charge on any atom is -0.357 e. The topological polar surface area (TPSA) is 70.2 Å². The molecular weight excluding hydrogens is 432 g/mol. The van der Waals surface area contributed by atoms with Crippen LogP contribution in [0.1, 0.15) is 30.0 Å². The quantitative estimate of drug-likeness (QED) is 0.388. The molecular formula is C23H25F2N5OS. The van der Waals surface area contributed by atoms with Crippen molar-refractivity contribution in [2.75, 3.05) is 28.6 Å². The normalized spacial score (nSPS) is 10.8. The van der Waals surface area contributed by atoms with E-state index >= 15 is 0 Å². The van der Waals surface area contributed by atoms with E-state index in [9.17, 15) is 13.6 Å². The molecule has 0 fully saturated rings. The van der Waals surface area contributed by atoms with Crippen LogP contribution in [0.3, 0.4) is 0 Å². The van der Waals surface area contributed by atoms with Crippen LogP contribution in [0.4, 0.5) is 31.8 Å². The van der Waals surface area contributed by atoms with Gasteiger partial charge < -0.3 is 15.5 Å². The Labute approximate surface area is 190 Å². The number of thioether (sulfide) groups is 1. The van der Waals surface area contributed by atoms with Crippen molar-refractivity contribution in [3.63, 3.8) is 0 Å². The van der Waals surface area contributed by atoms with E-state index in [1.807, 2.05) is 25.1 Å². The average molecular weight is 458 g/mol. The number of amides is 1. The summed E-state index contributed by atoms with van der Waals surface area (Å²) in [6.45, 7) is 7.69. The number of aromatic nitrogens is 2.